The second-order valence-corrected chi connectivity index (χ2v) is 9.81. The van der Waals surface area contributed by atoms with Gasteiger partial charge in [-0.15, -0.1) is 0 Å². The Hall–Kier alpha value is -2.48. The van der Waals surface area contributed by atoms with E-state index in [1.165, 1.54) is 32.1 Å². The number of hydrogen-bond donors (Lipinski definition) is 2. The van der Waals surface area contributed by atoms with Gasteiger partial charge in [0.15, 0.2) is 5.82 Å². The van der Waals surface area contributed by atoms with Crippen molar-refractivity contribution in [3.63, 3.8) is 0 Å². The molecule has 0 atom stereocenters. The zero-order valence-electron chi connectivity index (χ0n) is 18.2. The van der Waals surface area contributed by atoms with Crippen LogP contribution in [-0.2, 0) is 17.6 Å². The van der Waals surface area contributed by atoms with E-state index in [-0.39, 0.29) is 5.91 Å². The van der Waals surface area contributed by atoms with Gasteiger partial charge in [0.25, 0.3) is 0 Å². The van der Waals surface area contributed by atoms with E-state index in [4.69, 9.17) is 10.7 Å². The van der Waals surface area contributed by atoms with Gasteiger partial charge >= 0.3 is 0 Å². The molecular weight excluding hydrogens is 511 g/mol. The summed E-state index contributed by atoms with van der Waals surface area (Å²) in [4.78, 5) is 22.2. The molecule has 1 aromatic heterocycles. The predicted octanol–water partition coefficient (Wildman–Crippen LogP) is 6.02. The second kappa shape index (κ2) is 10.9. The lowest BCUT2D eigenvalue weighted by Gasteiger charge is -2.21. The zero-order valence-corrected chi connectivity index (χ0v) is 20.3. The van der Waals surface area contributed by atoms with Crippen LogP contribution in [-0.4, -0.2) is 15.9 Å². The normalized spacial score (nSPS) is 14.3. The Morgan fingerprint density at radius 2 is 1.75 bits per heavy atom. The lowest BCUT2D eigenvalue weighted by atomic mass is 9.86. The molecule has 0 unspecified atom stereocenters. The maximum absolute atomic E-state index is 12.7. The molecule has 0 radical (unpaired) electrons. The standard InChI is InChI=1S/C26H29IN4O/c27-21-11-6-19(7-12-21)16-25(32)31-26-23(15-8-18-4-2-1-3-5-18)30-24(17-29-26)20-9-13-22(28)14-10-20/h6-7,9-14,17-18H,1-5,8,15-16,28H2,(H,29,31,32). The molecule has 1 heterocycles. The van der Waals surface area contributed by atoms with E-state index in [9.17, 15) is 4.79 Å². The van der Waals surface area contributed by atoms with Crippen molar-refractivity contribution in [2.45, 2.75) is 51.4 Å². The molecule has 0 aliphatic heterocycles. The number of anilines is 2. The summed E-state index contributed by atoms with van der Waals surface area (Å²) >= 11 is 2.26. The fourth-order valence-electron chi connectivity index (χ4n) is 4.28. The van der Waals surface area contributed by atoms with Gasteiger partial charge in [-0.05, 0) is 71.2 Å². The first-order valence-corrected chi connectivity index (χ1v) is 12.4. The third-order valence-electron chi connectivity index (χ3n) is 6.10. The number of aryl methyl sites for hydroxylation is 1. The van der Waals surface area contributed by atoms with Gasteiger partial charge in [0.2, 0.25) is 5.91 Å². The van der Waals surface area contributed by atoms with E-state index in [0.717, 1.165) is 50.5 Å². The van der Waals surface area contributed by atoms with Crippen molar-refractivity contribution in [2.24, 2.45) is 5.92 Å². The number of amides is 1. The maximum Gasteiger partial charge on any atom is 0.229 e. The van der Waals surface area contributed by atoms with Crippen LogP contribution < -0.4 is 11.1 Å². The average Bonchev–Trinajstić information content (AvgIpc) is 2.81. The van der Waals surface area contributed by atoms with E-state index in [0.29, 0.717) is 12.2 Å². The van der Waals surface area contributed by atoms with Crippen LogP contribution in [0.1, 0.15) is 49.8 Å². The van der Waals surface area contributed by atoms with Gasteiger partial charge < -0.3 is 11.1 Å². The van der Waals surface area contributed by atoms with Gasteiger partial charge in [-0.2, -0.15) is 0 Å². The lowest BCUT2D eigenvalue weighted by Crippen LogP contribution is -2.18. The number of aromatic nitrogens is 2. The number of carbonyl (C=O) groups excluding carboxylic acids is 1. The van der Waals surface area contributed by atoms with E-state index < -0.39 is 0 Å². The minimum Gasteiger partial charge on any atom is -0.399 e. The molecule has 0 bridgehead atoms. The van der Waals surface area contributed by atoms with Gasteiger partial charge in [0.1, 0.15) is 0 Å². The molecule has 4 rings (SSSR count). The van der Waals surface area contributed by atoms with Crippen molar-refractivity contribution in [3.8, 4) is 11.3 Å². The first kappa shape index (κ1) is 22.7. The van der Waals surface area contributed by atoms with Crippen LogP contribution >= 0.6 is 22.6 Å². The molecule has 0 saturated heterocycles. The van der Waals surface area contributed by atoms with Gasteiger partial charge in [-0.25, -0.2) is 9.97 Å². The van der Waals surface area contributed by atoms with E-state index in [2.05, 4.69) is 32.9 Å². The molecule has 32 heavy (non-hydrogen) atoms. The molecule has 1 fully saturated rings. The molecule has 1 aliphatic rings. The number of nitrogens with zero attached hydrogens (tertiary/aromatic N) is 2. The predicted molar refractivity (Wildman–Crippen MR) is 138 cm³/mol. The van der Waals surface area contributed by atoms with Crippen molar-refractivity contribution >= 4 is 40.0 Å². The Kier molecular flexibility index (Phi) is 7.73. The largest absolute Gasteiger partial charge is 0.399 e. The summed E-state index contributed by atoms with van der Waals surface area (Å²) in [6, 6.07) is 15.7. The minimum absolute atomic E-state index is 0.0698. The van der Waals surface area contributed by atoms with Crippen molar-refractivity contribution in [1.82, 2.24) is 9.97 Å². The van der Waals surface area contributed by atoms with Gasteiger partial charge in [0.05, 0.1) is 24.0 Å². The minimum atomic E-state index is -0.0698. The highest BCUT2D eigenvalue weighted by atomic mass is 127. The van der Waals surface area contributed by atoms with Crippen molar-refractivity contribution in [2.75, 3.05) is 11.1 Å². The van der Waals surface area contributed by atoms with Gasteiger partial charge in [-0.1, -0.05) is 56.4 Å². The number of benzene rings is 2. The number of rotatable bonds is 7. The molecule has 5 nitrogen and oxygen atoms in total. The summed E-state index contributed by atoms with van der Waals surface area (Å²) in [5, 5.41) is 3.01. The summed E-state index contributed by atoms with van der Waals surface area (Å²) in [5.74, 6) is 1.25. The van der Waals surface area contributed by atoms with Crippen molar-refractivity contribution in [3.05, 3.63) is 69.6 Å². The van der Waals surface area contributed by atoms with Crippen molar-refractivity contribution in [1.29, 1.82) is 0 Å². The number of nitrogens with two attached hydrogens (primary N) is 1. The smallest absolute Gasteiger partial charge is 0.229 e. The average molecular weight is 540 g/mol. The van der Waals surface area contributed by atoms with Crippen LogP contribution in [0.4, 0.5) is 11.5 Å². The maximum atomic E-state index is 12.7. The Labute approximate surface area is 203 Å². The molecule has 0 spiro atoms. The molecular formula is C26H29IN4O. The van der Waals surface area contributed by atoms with Gasteiger partial charge in [-0.3, -0.25) is 4.79 Å². The van der Waals surface area contributed by atoms with Crippen LogP contribution in [0.15, 0.2) is 54.7 Å². The van der Waals surface area contributed by atoms with Crippen molar-refractivity contribution < 1.29 is 4.79 Å². The molecule has 1 amide bonds. The summed E-state index contributed by atoms with van der Waals surface area (Å²) in [6.45, 7) is 0. The molecule has 3 aromatic rings. The fraction of sp³-hybridized carbons (Fsp3) is 0.346. The highest BCUT2D eigenvalue weighted by Crippen LogP contribution is 2.29. The molecule has 166 valence electrons. The quantitative estimate of drug-likeness (QED) is 0.284. The summed E-state index contributed by atoms with van der Waals surface area (Å²) < 4.78 is 1.15. The van der Waals surface area contributed by atoms with Crippen LogP contribution in [0, 0.1) is 9.49 Å². The van der Waals surface area contributed by atoms with Crippen LogP contribution in [0.25, 0.3) is 11.3 Å². The first-order valence-electron chi connectivity index (χ1n) is 11.3. The summed E-state index contributed by atoms with van der Waals surface area (Å²) in [6.07, 6.45) is 10.5. The number of hydrogen-bond acceptors (Lipinski definition) is 4. The van der Waals surface area contributed by atoms with E-state index >= 15 is 0 Å². The number of carbonyl (C=O) groups is 1. The topological polar surface area (TPSA) is 80.9 Å². The van der Waals surface area contributed by atoms with Crippen LogP contribution in [0.2, 0.25) is 0 Å². The summed E-state index contributed by atoms with van der Waals surface area (Å²) in [7, 11) is 0. The number of halogens is 1. The lowest BCUT2D eigenvalue weighted by molar-refractivity contribution is -0.115. The SMILES string of the molecule is Nc1ccc(-c2cnc(NC(=O)Cc3ccc(I)cc3)c(CCC3CCCCC3)n2)cc1. The van der Waals surface area contributed by atoms with Gasteiger partial charge in [0, 0.05) is 14.8 Å². The summed E-state index contributed by atoms with van der Waals surface area (Å²) in [5.41, 5.74) is 10.2. The Balaban J connectivity index is 1.52. The molecule has 1 saturated carbocycles. The highest BCUT2D eigenvalue weighted by Gasteiger charge is 2.17. The molecule has 1 aliphatic carbocycles. The van der Waals surface area contributed by atoms with Crippen LogP contribution in [0.3, 0.4) is 0 Å². The number of nitrogens with one attached hydrogen (secondary N) is 1. The third kappa shape index (κ3) is 6.28. The van der Waals surface area contributed by atoms with E-state index in [1.54, 1.807) is 6.20 Å². The second-order valence-electron chi connectivity index (χ2n) is 8.57. The monoisotopic (exact) mass is 540 g/mol. The Morgan fingerprint density at radius 3 is 2.47 bits per heavy atom. The Bertz CT molecular complexity index is 1040. The number of nitrogen functional groups attached to an aromatic ring is 1. The fourth-order valence-corrected chi connectivity index (χ4v) is 4.64. The molecule has 2 aromatic carbocycles. The first-order chi connectivity index (χ1) is 15.6. The zero-order chi connectivity index (χ0) is 22.3. The molecule has 3 N–H and O–H groups in total. The Morgan fingerprint density at radius 1 is 1.03 bits per heavy atom. The van der Waals surface area contributed by atoms with E-state index in [1.807, 2.05) is 48.5 Å². The third-order valence-corrected chi connectivity index (χ3v) is 6.82. The molecule has 6 heteroatoms. The van der Waals surface area contributed by atoms with Crippen LogP contribution in [0.5, 0.6) is 0 Å². The highest BCUT2D eigenvalue weighted by molar-refractivity contribution is 14.1.